The van der Waals surface area contributed by atoms with Gasteiger partial charge in [0.15, 0.2) is 5.11 Å². The van der Waals surface area contributed by atoms with Crippen LogP contribution in [0.2, 0.25) is 0 Å². The van der Waals surface area contributed by atoms with Crippen LogP contribution >= 0.6 is 12.2 Å². The van der Waals surface area contributed by atoms with Gasteiger partial charge in [-0.15, -0.1) is 0 Å². The topological polar surface area (TPSA) is 23.4 Å². The van der Waals surface area contributed by atoms with Crippen molar-refractivity contribution < 1.29 is 0 Å². The van der Waals surface area contributed by atoms with E-state index in [1.807, 2.05) is 0 Å². The molecule has 1 saturated heterocycles. The summed E-state index contributed by atoms with van der Waals surface area (Å²) in [6.45, 7) is 5.30. The summed E-state index contributed by atoms with van der Waals surface area (Å²) in [5.41, 5.74) is 1.37. The zero-order valence-electron chi connectivity index (χ0n) is 14.4. The molecular formula is C17H30N4S. The number of likely N-dealkylation sites (N-methyl/N-ethyl adjacent to an activating group) is 1. The first-order valence-corrected chi connectivity index (χ1v) is 8.70. The molecule has 5 heteroatoms. The second-order valence-electron chi connectivity index (χ2n) is 6.76. The molecule has 1 N–H and O–H groups in total. The zero-order chi connectivity index (χ0) is 16.1. The minimum absolute atomic E-state index is 0.393. The summed E-state index contributed by atoms with van der Waals surface area (Å²) in [6.07, 6.45) is 5.79. The summed E-state index contributed by atoms with van der Waals surface area (Å²) in [7, 11) is 6.31. The molecule has 4 nitrogen and oxygen atoms in total. The van der Waals surface area contributed by atoms with Crippen molar-refractivity contribution in [2.75, 3.05) is 33.7 Å². The monoisotopic (exact) mass is 322 g/mol. The van der Waals surface area contributed by atoms with Crippen LogP contribution in [0.25, 0.3) is 0 Å². The molecule has 0 aliphatic carbocycles. The van der Waals surface area contributed by atoms with Gasteiger partial charge in [-0.1, -0.05) is 6.92 Å². The molecule has 0 aromatic carbocycles. The van der Waals surface area contributed by atoms with Gasteiger partial charge in [0.1, 0.15) is 0 Å². The van der Waals surface area contributed by atoms with Crippen molar-refractivity contribution >= 4 is 17.3 Å². The van der Waals surface area contributed by atoms with Crippen molar-refractivity contribution in [1.29, 1.82) is 0 Å². The van der Waals surface area contributed by atoms with E-state index in [1.54, 1.807) is 0 Å². The highest BCUT2D eigenvalue weighted by Crippen LogP contribution is 2.32. The molecule has 2 heterocycles. The summed E-state index contributed by atoms with van der Waals surface area (Å²) in [4.78, 5) is 4.58. The van der Waals surface area contributed by atoms with E-state index in [1.165, 1.54) is 25.0 Å². The van der Waals surface area contributed by atoms with Gasteiger partial charge in [0.05, 0.1) is 6.04 Å². The van der Waals surface area contributed by atoms with Crippen molar-refractivity contribution in [2.24, 2.45) is 13.0 Å². The Morgan fingerprint density at radius 3 is 2.77 bits per heavy atom. The molecule has 1 fully saturated rings. The first kappa shape index (κ1) is 17.3. The van der Waals surface area contributed by atoms with Crippen molar-refractivity contribution in [2.45, 2.75) is 32.2 Å². The number of likely N-dealkylation sites (tertiary alicyclic amines) is 1. The van der Waals surface area contributed by atoms with Gasteiger partial charge < -0.3 is 19.7 Å². The van der Waals surface area contributed by atoms with Crippen LogP contribution in [-0.4, -0.2) is 53.2 Å². The minimum Gasteiger partial charge on any atom is -0.361 e. The lowest BCUT2D eigenvalue weighted by atomic mass is 10.0. The molecule has 0 spiro atoms. The predicted molar refractivity (Wildman–Crippen MR) is 97.0 cm³/mol. The van der Waals surface area contributed by atoms with Crippen molar-refractivity contribution in [3.63, 3.8) is 0 Å². The third-order valence-electron chi connectivity index (χ3n) is 4.59. The number of nitrogens with zero attached hydrogens (tertiary/aromatic N) is 3. The second-order valence-corrected chi connectivity index (χ2v) is 7.15. The SMILES string of the molecule is C[C@@H]1CC[C@@H](c2cccn2C)N(C(=S)NCCN(C)C)CC1. The fourth-order valence-corrected chi connectivity index (χ4v) is 3.44. The molecule has 0 unspecified atom stereocenters. The lowest BCUT2D eigenvalue weighted by Crippen LogP contribution is -2.44. The normalized spacial score (nSPS) is 22.7. The van der Waals surface area contributed by atoms with Gasteiger partial charge in [0.2, 0.25) is 0 Å². The largest absolute Gasteiger partial charge is 0.361 e. The minimum atomic E-state index is 0.393. The first-order valence-electron chi connectivity index (χ1n) is 8.29. The molecule has 2 atom stereocenters. The van der Waals surface area contributed by atoms with Gasteiger partial charge in [0.25, 0.3) is 0 Å². The quantitative estimate of drug-likeness (QED) is 0.861. The van der Waals surface area contributed by atoms with Gasteiger partial charge in [-0.2, -0.15) is 0 Å². The van der Waals surface area contributed by atoms with Crippen molar-refractivity contribution in [3.8, 4) is 0 Å². The first-order chi connectivity index (χ1) is 10.5. The summed E-state index contributed by atoms with van der Waals surface area (Å²) >= 11 is 5.71. The van der Waals surface area contributed by atoms with Crippen molar-refractivity contribution in [1.82, 2.24) is 19.7 Å². The van der Waals surface area contributed by atoms with Crippen LogP contribution in [0.1, 0.15) is 37.9 Å². The average molecular weight is 323 g/mol. The molecule has 2 rings (SSSR count). The number of rotatable bonds is 4. The predicted octanol–water partition coefficient (Wildman–Crippen LogP) is 2.62. The molecular weight excluding hydrogens is 292 g/mol. The number of nitrogens with one attached hydrogen (secondary N) is 1. The fourth-order valence-electron chi connectivity index (χ4n) is 3.12. The molecule has 1 aromatic heterocycles. The number of hydrogen-bond donors (Lipinski definition) is 1. The summed E-state index contributed by atoms with van der Waals surface area (Å²) in [5, 5.41) is 4.35. The van der Waals surface area contributed by atoms with E-state index in [9.17, 15) is 0 Å². The number of hydrogen-bond acceptors (Lipinski definition) is 2. The highest BCUT2D eigenvalue weighted by atomic mass is 32.1. The van der Waals surface area contributed by atoms with Crippen LogP contribution in [0.4, 0.5) is 0 Å². The Balaban J connectivity index is 2.09. The molecule has 0 bridgehead atoms. The Morgan fingerprint density at radius 1 is 1.36 bits per heavy atom. The zero-order valence-corrected chi connectivity index (χ0v) is 15.2. The van der Waals surface area contributed by atoms with Crippen LogP contribution in [0, 0.1) is 5.92 Å². The van der Waals surface area contributed by atoms with E-state index in [0.717, 1.165) is 30.7 Å². The summed E-state index contributed by atoms with van der Waals surface area (Å²) in [5.74, 6) is 0.775. The molecule has 1 aromatic rings. The van der Waals surface area contributed by atoms with E-state index < -0.39 is 0 Å². The second kappa shape index (κ2) is 7.97. The fraction of sp³-hybridized carbons (Fsp3) is 0.706. The van der Waals surface area contributed by atoms with Gasteiger partial charge in [-0.3, -0.25) is 0 Å². The number of thiocarbonyl (C=S) groups is 1. The molecule has 0 radical (unpaired) electrons. The lowest BCUT2D eigenvalue weighted by molar-refractivity contribution is 0.304. The maximum Gasteiger partial charge on any atom is 0.169 e. The van der Waals surface area contributed by atoms with E-state index in [-0.39, 0.29) is 0 Å². The number of aryl methyl sites for hydroxylation is 1. The third kappa shape index (κ3) is 4.46. The Bertz CT molecular complexity index is 483. The average Bonchev–Trinajstić information content (AvgIpc) is 2.77. The van der Waals surface area contributed by atoms with E-state index in [2.05, 4.69) is 66.1 Å². The van der Waals surface area contributed by atoms with Gasteiger partial charge in [-0.25, -0.2) is 0 Å². The van der Waals surface area contributed by atoms with E-state index in [4.69, 9.17) is 12.2 Å². The Kier molecular flexibility index (Phi) is 6.26. The smallest absolute Gasteiger partial charge is 0.169 e. The van der Waals surface area contributed by atoms with Crippen LogP contribution < -0.4 is 5.32 Å². The molecule has 124 valence electrons. The molecule has 0 amide bonds. The Labute approximate surface area is 140 Å². The van der Waals surface area contributed by atoms with Crippen LogP contribution in [0.3, 0.4) is 0 Å². The Morgan fingerprint density at radius 2 is 2.14 bits per heavy atom. The highest BCUT2D eigenvalue weighted by Gasteiger charge is 2.28. The lowest BCUT2D eigenvalue weighted by Gasteiger charge is -2.33. The van der Waals surface area contributed by atoms with E-state index in [0.29, 0.717) is 6.04 Å². The standard InChI is InChI=1S/C17H30N4S/c1-14-7-8-16(15-6-5-11-20(15)4)21(12-9-14)17(22)18-10-13-19(2)3/h5-6,11,14,16H,7-10,12-13H2,1-4H3,(H,18,22)/t14-,16+/m1/s1. The highest BCUT2D eigenvalue weighted by molar-refractivity contribution is 7.80. The van der Waals surface area contributed by atoms with Crippen molar-refractivity contribution in [3.05, 3.63) is 24.0 Å². The maximum absolute atomic E-state index is 5.71. The molecule has 1 aliphatic heterocycles. The van der Waals surface area contributed by atoms with Gasteiger partial charge >= 0.3 is 0 Å². The summed E-state index contributed by atoms with van der Waals surface area (Å²) < 4.78 is 2.23. The third-order valence-corrected chi connectivity index (χ3v) is 4.97. The van der Waals surface area contributed by atoms with Gasteiger partial charge in [0, 0.05) is 38.6 Å². The van der Waals surface area contributed by atoms with Crippen LogP contribution in [-0.2, 0) is 7.05 Å². The van der Waals surface area contributed by atoms with Crippen LogP contribution in [0.15, 0.2) is 18.3 Å². The summed E-state index contributed by atoms with van der Waals surface area (Å²) in [6, 6.07) is 4.75. The molecule has 1 aliphatic rings. The number of aromatic nitrogens is 1. The van der Waals surface area contributed by atoms with Crippen LogP contribution in [0.5, 0.6) is 0 Å². The molecule has 22 heavy (non-hydrogen) atoms. The molecule has 0 saturated carbocycles. The Hall–Kier alpha value is -1.07. The maximum atomic E-state index is 5.71. The van der Waals surface area contributed by atoms with Gasteiger partial charge in [-0.05, 0) is 63.6 Å². The van der Waals surface area contributed by atoms with E-state index >= 15 is 0 Å².